The van der Waals surface area contributed by atoms with Gasteiger partial charge in [-0.25, -0.2) is 0 Å². The lowest BCUT2D eigenvalue weighted by atomic mass is 10.1. The summed E-state index contributed by atoms with van der Waals surface area (Å²) in [6, 6.07) is 10.4. The molecular weight excluding hydrogens is 224 g/mol. The molecule has 0 saturated carbocycles. The first-order chi connectivity index (χ1) is 8.63. The van der Waals surface area contributed by atoms with Gasteiger partial charge in [-0.1, -0.05) is 24.3 Å². The first kappa shape index (κ1) is 12.2. The first-order valence-corrected chi connectivity index (χ1v) is 5.85. The predicted molar refractivity (Wildman–Crippen MR) is 71.2 cm³/mol. The SMILES string of the molecule is Cc1ccccc1CNc1c(C#N)c(C)nn1C. The number of nitriles is 1. The van der Waals surface area contributed by atoms with Crippen LogP contribution in [-0.2, 0) is 13.6 Å². The molecule has 0 radical (unpaired) electrons. The van der Waals surface area contributed by atoms with Crippen LogP contribution in [0.3, 0.4) is 0 Å². The normalized spacial score (nSPS) is 10.1. The summed E-state index contributed by atoms with van der Waals surface area (Å²) in [7, 11) is 1.84. The highest BCUT2D eigenvalue weighted by Crippen LogP contribution is 2.18. The van der Waals surface area contributed by atoms with Gasteiger partial charge in [0, 0.05) is 13.6 Å². The van der Waals surface area contributed by atoms with Crippen LogP contribution in [0.2, 0.25) is 0 Å². The minimum atomic E-state index is 0.617. The van der Waals surface area contributed by atoms with E-state index >= 15 is 0 Å². The van der Waals surface area contributed by atoms with Gasteiger partial charge in [-0.15, -0.1) is 0 Å². The molecule has 4 nitrogen and oxygen atoms in total. The number of benzene rings is 1. The van der Waals surface area contributed by atoms with Gasteiger partial charge in [0.1, 0.15) is 17.5 Å². The maximum absolute atomic E-state index is 9.12. The Bertz CT molecular complexity index is 605. The van der Waals surface area contributed by atoms with E-state index in [2.05, 4.69) is 35.5 Å². The van der Waals surface area contributed by atoms with Crippen molar-refractivity contribution in [3.05, 3.63) is 46.6 Å². The summed E-state index contributed by atoms with van der Waals surface area (Å²) in [6.07, 6.45) is 0. The van der Waals surface area contributed by atoms with Gasteiger partial charge in [-0.3, -0.25) is 4.68 Å². The van der Waals surface area contributed by atoms with Crippen LogP contribution < -0.4 is 5.32 Å². The maximum Gasteiger partial charge on any atom is 0.142 e. The molecule has 1 N–H and O–H groups in total. The van der Waals surface area contributed by atoms with Gasteiger partial charge >= 0.3 is 0 Å². The first-order valence-electron chi connectivity index (χ1n) is 5.85. The van der Waals surface area contributed by atoms with E-state index in [0.29, 0.717) is 12.1 Å². The van der Waals surface area contributed by atoms with E-state index < -0.39 is 0 Å². The predicted octanol–water partition coefficient (Wildman–Crippen LogP) is 2.52. The molecule has 0 aliphatic rings. The van der Waals surface area contributed by atoms with Crippen molar-refractivity contribution >= 4 is 5.82 Å². The molecule has 0 atom stereocenters. The number of aromatic nitrogens is 2. The number of rotatable bonds is 3. The molecule has 0 aliphatic heterocycles. The largest absolute Gasteiger partial charge is 0.365 e. The summed E-state index contributed by atoms with van der Waals surface area (Å²) in [6.45, 7) is 4.62. The van der Waals surface area contributed by atoms with Gasteiger partial charge in [0.05, 0.1) is 5.69 Å². The molecule has 18 heavy (non-hydrogen) atoms. The zero-order valence-corrected chi connectivity index (χ0v) is 10.9. The van der Waals surface area contributed by atoms with E-state index in [1.165, 1.54) is 11.1 Å². The van der Waals surface area contributed by atoms with Crippen LogP contribution >= 0.6 is 0 Å². The van der Waals surface area contributed by atoms with Crippen molar-refractivity contribution in [3.8, 4) is 6.07 Å². The standard InChI is InChI=1S/C14H16N4/c1-10-6-4-5-7-12(10)9-16-14-13(8-15)11(2)17-18(14)3/h4-7,16H,9H2,1-3H3. The van der Waals surface area contributed by atoms with Crippen molar-refractivity contribution in [2.45, 2.75) is 20.4 Å². The van der Waals surface area contributed by atoms with Gasteiger partial charge in [-0.05, 0) is 25.0 Å². The number of nitrogens with zero attached hydrogens (tertiary/aromatic N) is 3. The van der Waals surface area contributed by atoms with Gasteiger partial charge in [0.15, 0.2) is 0 Å². The van der Waals surface area contributed by atoms with E-state index in [1.54, 1.807) is 4.68 Å². The lowest BCUT2D eigenvalue weighted by Crippen LogP contribution is -2.06. The van der Waals surface area contributed by atoms with E-state index in [9.17, 15) is 0 Å². The van der Waals surface area contributed by atoms with Crippen molar-refractivity contribution < 1.29 is 0 Å². The maximum atomic E-state index is 9.12. The number of hydrogen-bond donors (Lipinski definition) is 1. The number of nitrogens with one attached hydrogen (secondary N) is 1. The molecule has 0 spiro atoms. The second kappa shape index (κ2) is 4.92. The zero-order valence-electron chi connectivity index (χ0n) is 10.9. The van der Waals surface area contributed by atoms with Crippen LogP contribution in [0, 0.1) is 25.2 Å². The van der Waals surface area contributed by atoms with Crippen LogP contribution in [0.4, 0.5) is 5.82 Å². The topological polar surface area (TPSA) is 53.6 Å². The smallest absolute Gasteiger partial charge is 0.142 e. The van der Waals surface area contributed by atoms with Crippen LogP contribution in [0.1, 0.15) is 22.4 Å². The molecule has 2 aromatic rings. The molecule has 0 amide bonds. The fourth-order valence-corrected chi connectivity index (χ4v) is 1.98. The number of aryl methyl sites for hydroxylation is 3. The van der Waals surface area contributed by atoms with Crippen LogP contribution in [0.5, 0.6) is 0 Å². The number of hydrogen-bond acceptors (Lipinski definition) is 3. The van der Waals surface area contributed by atoms with Gasteiger partial charge in [-0.2, -0.15) is 10.4 Å². The molecule has 0 aliphatic carbocycles. The van der Waals surface area contributed by atoms with E-state index in [1.807, 2.05) is 26.1 Å². The Labute approximate surface area is 107 Å². The van der Waals surface area contributed by atoms with E-state index in [0.717, 1.165) is 11.5 Å². The summed E-state index contributed by atoms with van der Waals surface area (Å²) >= 11 is 0. The third-order valence-electron chi connectivity index (χ3n) is 3.04. The minimum absolute atomic E-state index is 0.617. The molecule has 2 rings (SSSR count). The molecule has 0 bridgehead atoms. The Hall–Kier alpha value is -2.28. The molecular formula is C14H16N4. The van der Waals surface area contributed by atoms with E-state index in [4.69, 9.17) is 5.26 Å². The van der Waals surface area contributed by atoms with Gasteiger partial charge in [0.2, 0.25) is 0 Å². The summed E-state index contributed by atoms with van der Waals surface area (Å²) in [5.74, 6) is 0.776. The summed E-state index contributed by atoms with van der Waals surface area (Å²) < 4.78 is 1.71. The van der Waals surface area contributed by atoms with Gasteiger partial charge < -0.3 is 5.32 Å². The molecule has 92 valence electrons. The zero-order chi connectivity index (χ0) is 13.1. The molecule has 0 saturated heterocycles. The van der Waals surface area contributed by atoms with Crippen LogP contribution in [-0.4, -0.2) is 9.78 Å². The van der Waals surface area contributed by atoms with Crippen molar-refractivity contribution in [2.75, 3.05) is 5.32 Å². The summed E-state index contributed by atoms with van der Waals surface area (Å²) in [4.78, 5) is 0. The molecule has 1 heterocycles. The Morgan fingerprint density at radius 2 is 2.06 bits per heavy atom. The molecule has 4 heteroatoms. The van der Waals surface area contributed by atoms with Crippen molar-refractivity contribution in [3.63, 3.8) is 0 Å². The third kappa shape index (κ3) is 2.21. The van der Waals surface area contributed by atoms with Crippen molar-refractivity contribution in [1.29, 1.82) is 5.26 Å². The second-order valence-electron chi connectivity index (χ2n) is 4.32. The molecule has 1 aromatic carbocycles. The average molecular weight is 240 g/mol. The highest BCUT2D eigenvalue weighted by Gasteiger charge is 2.12. The lowest BCUT2D eigenvalue weighted by molar-refractivity contribution is 0.758. The second-order valence-corrected chi connectivity index (χ2v) is 4.32. The minimum Gasteiger partial charge on any atom is -0.365 e. The van der Waals surface area contributed by atoms with E-state index in [-0.39, 0.29) is 0 Å². The molecule has 1 aromatic heterocycles. The molecule has 0 unspecified atom stereocenters. The summed E-state index contributed by atoms with van der Waals surface area (Å²) in [5, 5.41) is 16.7. The Balaban J connectivity index is 2.22. The van der Waals surface area contributed by atoms with Gasteiger partial charge in [0.25, 0.3) is 0 Å². The quantitative estimate of drug-likeness (QED) is 0.896. The van der Waals surface area contributed by atoms with Crippen molar-refractivity contribution in [1.82, 2.24) is 9.78 Å². The highest BCUT2D eigenvalue weighted by atomic mass is 15.3. The third-order valence-corrected chi connectivity index (χ3v) is 3.04. The molecule has 0 fully saturated rings. The van der Waals surface area contributed by atoms with Crippen molar-refractivity contribution in [2.24, 2.45) is 7.05 Å². The Morgan fingerprint density at radius 3 is 2.72 bits per heavy atom. The number of anilines is 1. The highest BCUT2D eigenvalue weighted by molar-refractivity contribution is 5.55. The Morgan fingerprint density at radius 1 is 1.33 bits per heavy atom. The fraction of sp³-hybridized carbons (Fsp3) is 0.286. The average Bonchev–Trinajstić information content (AvgIpc) is 2.62. The Kier molecular flexibility index (Phi) is 3.33. The fourth-order valence-electron chi connectivity index (χ4n) is 1.98. The van der Waals surface area contributed by atoms with Crippen LogP contribution in [0.25, 0.3) is 0 Å². The van der Waals surface area contributed by atoms with Crippen LogP contribution in [0.15, 0.2) is 24.3 Å². The summed E-state index contributed by atoms with van der Waals surface area (Å²) in [5.41, 5.74) is 3.83. The monoisotopic (exact) mass is 240 g/mol. The lowest BCUT2D eigenvalue weighted by Gasteiger charge is -2.09.